The van der Waals surface area contributed by atoms with E-state index in [9.17, 15) is 4.79 Å². The Labute approximate surface area is 101 Å². The molecule has 1 heterocycles. The Kier molecular flexibility index (Phi) is 2.56. The van der Waals surface area contributed by atoms with Gasteiger partial charge in [0.25, 0.3) is 0 Å². The van der Waals surface area contributed by atoms with Gasteiger partial charge in [0.1, 0.15) is 0 Å². The SMILES string of the molecule is O=C1CCCN1Cc1ccc2ccccc2c1. The van der Waals surface area contributed by atoms with Gasteiger partial charge in [-0.1, -0.05) is 36.4 Å². The van der Waals surface area contributed by atoms with Crippen molar-refractivity contribution in [3.05, 3.63) is 48.0 Å². The number of carbonyl (C=O) groups excluding carboxylic acids is 1. The topological polar surface area (TPSA) is 20.3 Å². The average molecular weight is 225 g/mol. The number of nitrogens with zero attached hydrogens (tertiary/aromatic N) is 1. The van der Waals surface area contributed by atoms with E-state index >= 15 is 0 Å². The van der Waals surface area contributed by atoms with Crippen LogP contribution in [0.3, 0.4) is 0 Å². The fourth-order valence-electron chi connectivity index (χ4n) is 2.43. The molecule has 1 aliphatic rings. The molecule has 2 aromatic rings. The van der Waals surface area contributed by atoms with Crippen LogP contribution in [-0.4, -0.2) is 17.4 Å². The molecule has 2 heteroatoms. The van der Waals surface area contributed by atoms with Crippen LogP contribution >= 0.6 is 0 Å². The molecule has 1 fully saturated rings. The first-order valence-corrected chi connectivity index (χ1v) is 6.08. The van der Waals surface area contributed by atoms with Crippen molar-refractivity contribution in [2.45, 2.75) is 19.4 Å². The van der Waals surface area contributed by atoms with Crippen molar-refractivity contribution < 1.29 is 4.79 Å². The second-order valence-electron chi connectivity index (χ2n) is 4.60. The van der Waals surface area contributed by atoms with E-state index in [1.165, 1.54) is 16.3 Å². The number of hydrogen-bond donors (Lipinski definition) is 0. The van der Waals surface area contributed by atoms with Crippen molar-refractivity contribution in [3.63, 3.8) is 0 Å². The van der Waals surface area contributed by atoms with Gasteiger partial charge in [-0.15, -0.1) is 0 Å². The average Bonchev–Trinajstić information content (AvgIpc) is 2.75. The number of amides is 1. The lowest BCUT2D eigenvalue weighted by Crippen LogP contribution is -2.23. The maximum absolute atomic E-state index is 11.6. The van der Waals surface area contributed by atoms with Crippen molar-refractivity contribution in [3.8, 4) is 0 Å². The van der Waals surface area contributed by atoms with Crippen molar-refractivity contribution in [2.24, 2.45) is 0 Å². The summed E-state index contributed by atoms with van der Waals surface area (Å²) in [6, 6.07) is 14.8. The van der Waals surface area contributed by atoms with Crippen LogP contribution in [0.25, 0.3) is 10.8 Å². The molecule has 2 nitrogen and oxygen atoms in total. The molecule has 0 saturated carbocycles. The maximum atomic E-state index is 11.6. The largest absolute Gasteiger partial charge is 0.338 e. The van der Waals surface area contributed by atoms with Gasteiger partial charge in [0.2, 0.25) is 5.91 Å². The zero-order valence-corrected chi connectivity index (χ0v) is 9.73. The summed E-state index contributed by atoms with van der Waals surface area (Å²) in [4.78, 5) is 13.5. The highest BCUT2D eigenvalue weighted by Gasteiger charge is 2.19. The third-order valence-corrected chi connectivity index (χ3v) is 3.36. The highest BCUT2D eigenvalue weighted by atomic mass is 16.2. The summed E-state index contributed by atoms with van der Waals surface area (Å²) >= 11 is 0. The third kappa shape index (κ3) is 2.03. The lowest BCUT2D eigenvalue weighted by molar-refractivity contribution is -0.128. The lowest BCUT2D eigenvalue weighted by Gasteiger charge is -2.15. The molecule has 0 spiro atoms. The molecular formula is C15H15NO. The van der Waals surface area contributed by atoms with E-state index in [0.29, 0.717) is 6.42 Å². The van der Waals surface area contributed by atoms with E-state index in [2.05, 4.69) is 30.3 Å². The van der Waals surface area contributed by atoms with Crippen molar-refractivity contribution in [1.82, 2.24) is 4.90 Å². The molecule has 1 amide bonds. The molecule has 2 aromatic carbocycles. The number of likely N-dealkylation sites (tertiary alicyclic amines) is 1. The Balaban J connectivity index is 1.88. The molecule has 0 atom stereocenters. The van der Waals surface area contributed by atoms with Crippen LogP contribution in [-0.2, 0) is 11.3 Å². The monoisotopic (exact) mass is 225 g/mol. The van der Waals surface area contributed by atoms with Crippen LogP contribution in [0.2, 0.25) is 0 Å². The van der Waals surface area contributed by atoms with Gasteiger partial charge in [-0.3, -0.25) is 4.79 Å². The molecule has 17 heavy (non-hydrogen) atoms. The van der Waals surface area contributed by atoms with E-state index in [1.54, 1.807) is 0 Å². The van der Waals surface area contributed by atoms with E-state index in [-0.39, 0.29) is 5.91 Å². The molecule has 3 rings (SSSR count). The summed E-state index contributed by atoms with van der Waals surface area (Å²) in [5.74, 6) is 0.290. The van der Waals surface area contributed by atoms with Crippen LogP contribution in [0, 0.1) is 0 Å². The zero-order valence-electron chi connectivity index (χ0n) is 9.73. The Morgan fingerprint density at radius 3 is 2.65 bits per heavy atom. The smallest absolute Gasteiger partial charge is 0.222 e. The molecule has 1 saturated heterocycles. The predicted molar refractivity (Wildman–Crippen MR) is 68.6 cm³/mol. The summed E-state index contributed by atoms with van der Waals surface area (Å²) in [6.45, 7) is 1.66. The highest BCUT2D eigenvalue weighted by molar-refractivity contribution is 5.83. The zero-order chi connectivity index (χ0) is 11.7. The normalized spacial score (nSPS) is 15.8. The minimum Gasteiger partial charge on any atom is -0.338 e. The molecule has 0 aliphatic carbocycles. The van der Waals surface area contributed by atoms with Gasteiger partial charge in [-0.05, 0) is 28.8 Å². The Morgan fingerprint density at radius 2 is 1.88 bits per heavy atom. The van der Waals surface area contributed by atoms with Crippen molar-refractivity contribution in [1.29, 1.82) is 0 Å². The van der Waals surface area contributed by atoms with Crippen LogP contribution in [0.15, 0.2) is 42.5 Å². The first-order valence-electron chi connectivity index (χ1n) is 6.08. The first kappa shape index (κ1) is 10.3. The highest BCUT2D eigenvalue weighted by Crippen LogP contribution is 2.19. The Bertz CT molecular complexity index is 562. The molecule has 0 N–H and O–H groups in total. The van der Waals surface area contributed by atoms with Crippen molar-refractivity contribution >= 4 is 16.7 Å². The first-order chi connectivity index (χ1) is 8.33. The minimum absolute atomic E-state index is 0.290. The summed E-state index contributed by atoms with van der Waals surface area (Å²) in [5.41, 5.74) is 1.22. The number of carbonyl (C=O) groups is 1. The summed E-state index contributed by atoms with van der Waals surface area (Å²) in [7, 11) is 0. The van der Waals surface area contributed by atoms with Gasteiger partial charge >= 0.3 is 0 Å². The van der Waals surface area contributed by atoms with Gasteiger partial charge in [0.15, 0.2) is 0 Å². The Morgan fingerprint density at radius 1 is 1.06 bits per heavy atom. The minimum atomic E-state index is 0.290. The summed E-state index contributed by atoms with van der Waals surface area (Å²) in [6.07, 6.45) is 1.72. The van der Waals surface area contributed by atoms with Gasteiger partial charge in [-0.25, -0.2) is 0 Å². The van der Waals surface area contributed by atoms with Crippen LogP contribution in [0.5, 0.6) is 0 Å². The van der Waals surface area contributed by atoms with Crippen LogP contribution in [0.1, 0.15) is 18.4 Å². The number of rotatable bonds is 2. The van der Waals surface area contributed by atoms with Gasteiger partial charge < -0.3 is 4.90 Å². The molecule has 0 unspecified atom stereocenters. The van der Waals surface area contributed by atoms with Crippen LogP contribution < -0.4 is 0 Å². The molecule has 1 aliphatic heterocycles. The van der Waals surface area contributed by atoms with Gasteiger partial charge in [-0.2, -0.15) is 0 Å². The van der Waals surface area contributed by atoms with E-state index < -0.39 is 0 Å². The number of benzene rings is 2. The second-order valence-corrected chi connectivity index (χ2v) is 4.60. The quantitative estimate of drug-likeness (QED) is 0.769. The molecule has 0 radical (unpaired) electrons. The van der Waals surface area contributed by atoms with E-state index in [4.69, 9.17) is 0 Å². The lowest BCUT2D eigenvalue weighted by atomic mass is 10.1. The van der Waals surface area contributed by atoms with Gasteiger partial charge in [0, 0.05) is 19.5 Å². The maximum Gasteiger partial charge on any atom is 0.222 e. The molecule has 0 bridgehead atoms. The van der Waals surface area contributed by atoms with E-state index in [1.807, 2.05) is 17.0 Å². The number of hydrogen-bond acceptors (Lipinski definition) is 1. The molecular weight excluding hydrogens is 210 g/mol. The summed E-state index contributed by atoms with van der Waals surface area (Å²) < 4.78 is 0. The summed E-state index contributed by atoms with van der Waals surface area (Å²) in [5, 5.41) is 2.50. The fourth-order valence-corrected chi connectivity index (χ4v) is 2.43. The Hall–Kier alpha value is -1.83. The van der Waals surface area contributed by atoms with Crippen molar-refractivity contribution in [2.75, 3.05) is 6.54 Å². The van der Waals surface area contributed by atoms with E-state index in [0.717, 1.165) is 19.5 Å². The third-order valence-electron chi connectivity index (χ3n) is 3.36. The number of fused-ring (bicyclic) bond motifs is 1. The van der Waals surface area contributed by atoms with Crippen LogP contribution in [0.4, 0.5) is 0 Å². The predicted octanol–water partition coefficient (Wildman–Crippen LogP) is 2.96. The second kappa shape index (κ2) is 4.21. The molecule has 86 valence electrons. The fraction of sp³-hybridized carbons (Fsp3) is 0.267. The standard InChI is InChI=1S/C15H15NO/c17-15-6-3-9-16(15)11-12-7-8-13-4-1-2-5-14(13)10-12/h1-2,4-5,7-8,10H,3,6,9,11H2. The molecule has 0 aromatic heterocycles. The van der Waals surface area contributed by atoms with Gasteiger partial charge in [0.05, 0.1) is 0 Å².